The molecule has 0 amide bonds. The highest BCUT2D eigenvalue weighted by atomic mass is 16.5. The molecule has 0 unspecified atom stereocenters. The minimum absolute atomic E-state index is 0.532. The van der Waals surface area contributed by atoms with Crippen molar-refractivity contribution in [3.8, 4) is 5.75 Å². The molecule has 0 aromatic carbocycles. The Bertz CT molecular complexity index is 486. The lowest BCUT2D eigenvalue weighted by molar-refractivity contribution is 0.292. The number of rotatable bonds is 5. The molecule has 92 valence electrons. The van der Waals surface area contributed by atoms with Crippen LogP contribution in [0.1, 0.15) is 25.2 Å². The van der Waals surface area contributed by atoms with E-state index in [4.69, 9.17) is 4.74 Å². The van der Waals surface area contributed by atoms with Gasteiger partial charge in [-0.25, -0.2) is 0 Å². The molecule has 2 aromatic rings. The number of aryl methyl sites for hydroxylation is 3. The van der Waals surface area contributed by atoms with Crippen LogP contribution in [-0.2, 0) is 19.7 Å². The maximum absolute atomic E-state index is 5.69. The Morgan fingerprint density at radius 3 is 2.76 bits per heavy atom. The van der Waals surface area contributed by atoms with Gasteiger partial charge in [0.05, 0.1) is 23.8 Å². The molecule has 2 aromatic heterocycles. The Hall–Kier alpha value is -1.78. The molecule has 17 heavy (non-hydrogen) atoms. The van der Waals surface area contributed by atoms with E-state index < -0.39 is 0 Å². The monoisotopic (exact) mass is 234 g/mol. The molecule has 0 bridgehead atoms. The third-order valence-electron chi connectivity index (χ3n) is 2.61. The quantitative estimate of drug-likeness (QED) is 0.795. The second-order valence-electron chi connectivity index (χ2n) is 3.91. The lowest BCUT2D eigenvalue weighted by atomic mass is 10.4. The van der Waals surface area contributed by atoms with Crippen LogP contribution in [0.15, 0.2) is 18.5 Å². The number of hydrogen-bond acceptors (Lipinski definition) is 3. The van der Waals surface area contributed by atoms with Crippen molar-refractivity contribution in [2.24, 2.45) is 0 Å². The normalized spacial score (nSPS) is 10.8. The van der Waals surface area contributed by atoms with E-state index in [2.05, 4.69) is 17.1 Å². The first-order chi connectivity index (χ1) is 8.22. The Labute approximate surface area is 101 Å². The first-order valence-corrected chi connectivity index (χ1v) is 5.91. The number of hydrogen-bond donors (Lipinski definition) is 0. The van der Waals surface area contributed by atoms with Crippen LogP contribution in [-0.4, -0.2) is 19.6 Å². The zero-order valence-corrected chi connectivity index (χ0v) is 10.6. The maximum Gasteiger partial charge on any atom is 0.157 e. The van der Waals surface area contributed by atoms with Gasteiger partial charge in [-0.05, 0) is 26.8 Å². The van der Waals surface area contributed by atoms with Gasteiger partial charge < -0.3 is 4.74 Å². The average Bonchev–Trinajstić information content (AvgIpc) is 2.92. The van der Waals surface area contributed by atoms with Crippen molar-refractivity contribution in [3.05, 3.63) is 29.8 Å². The van der Waals surface area contributed by atoms with E-state index >= 15 is 0 Å². The van der Waals surface area contributed by atoms with Gasteiger partial charge in [-0.15, -0.1) is 0 Å². The molecular formula is C12H18N4O. The van der Waals surface area contributed by atoms with E-state index in [1.807, 2.05) is 35.5 Å². The summed E-state index contributed by atoms with van der Waals surface area (Å²) in [6, 6.07) is 2.05. The van der Waals surface area contributed by atoms with Gasteiger partial charge in [-0.2, -0.15) is 10.2 Å². The van der Waals surface area contributed by atoms with Gasteiger partial charge in [-0.1, -0.05) is 0 Å². The van der Waals surface area contributed by atoms with E-state index in [1.165, 1.54) is 0 Å². The third-order valence-corrected chi connectivity index (χ3v) is 2.61. The zero-order valence-electron chi connectivity index (χ0n) is 10.6. The van der Waals surface area contributed by atoms with Crippen LogP contribution in [0.5, 0.6) is 5.75 Å². The first-order valence-electron chi connectivity index (χ1n) is 5.91. The van der Waals surface area contributed by atoms with Crippen molar-refractivity contribution >= 4 is 0 Å². The molecule has 0 aliphatic heterocycles. The zero-order chi connectivity index (χ0) is 12.3. The van der Waals surface area contributed by atoms with Gasteiger partial charge in [0.25, 0.3) is 0 Å². The molecule has 0 spiro atoms. The number of ether oxygens (including phenoxy) is 1. The Morgan fingerprint density at radius 1 is 1.29 bits per heavy atom. The maximum atomic E-state index is 5.69. The number of aromatic nitrogens is 4. The van der Waals surface area contributed by atoms with Gasteiger partial charge in [0.1, 0.15) is 6.61 Å². The van der Waals surface area contributed by atoms with E-state index in [1.54, 1.807) is 6.20 Å². The summed E-state index contributed by atoms with van der Waals surface area (Å²) in [4.78, 5) is 0. The summed E-state index contributed by atoms with van der Waals surface area (Å²) in [5.41, 5.74) is 2.11. The fraction of sp³-hybridized carbons (Fsp3) is 0.500. The summed E-state index contributed by atoms with van der Waals surface area (Å²) < 4.78 is 9.49. The summed E-state index contributed by atoms with van der Waals surface area (Å²) in [6.45, 7) is 8.36. The van der Waals surface area contributed by atoms with E-state index in [0.29, 0.717) is 6.61 Å². The number of nitrogens with zero attached hydrogens (tertiary/aromatic N) is 4. The molecule has 0 atom stereocenters. The molecule has 2 heterocycles. The Balaban J connectivity index is 2.01. The molecule has 0 saturated heterocycles. The standard InChI is InChI=1S/C12H18N4O/c1-4-15-8-12(7-13-15)17-9-11-6-10(3)14-16(11)5-2/h6-8H,4-5,9H2,1-3H3. The second-order valence-corrected chi connectivity index (χ2v) is 3.91. The van der Waals surface area contributed by atoms with Gasteiger partial charge in [0.2, 0.25) is 0 Å². The lowest BCUT2D eigenvalue weighted by Gasteiger charge is -2.05. The summed E-state index contributed by atoms with van der Waals surface area (Å²) in [5.74, 6) is 0.799. The first kappa shape index (κ1) is 11.7. The van der Waals surface area contributed by atoms with Gasteiger partial charge in [0, 0.05) is 13.1 Å². The predicted octanol–water partition coefficient (Wildman–Crippen LogP) is 2.01. The largest absolute Gasteiger partial charge is 0.484 e. The Kier molecular flexibility index (Phi) is 3.46. The highest BCUT2D eigenvalue weighted by Crippen LogP contribution is 2.12. The van der Waals surface area contributed by atoms with E-state index in [0.717, 1.165) is 30.2 Å². The molecule has 0 aliphatic carbocycles. The van der Waals surface area contributed by atoms with Crippen LogP contribution in [0.3, 0.4) is 0 Å². The summed E-state index contributed by atoms with van der Waals surface area (Å²) in [5, 5.41) is 8.54. The molecule has 0 N–H and O–H groups in total. The second kappa shape index (κ2) is 5.03. The summed E-state index contributed by atoms with van der Waals surface area (Å²) in [6.07, 6.45) is 3.64. The van der Waals surface area contributed by atoms with Crippen molar-refractivity contribution in [1.82, 2.24) is 19.6 Å². The van der Waals surface area contributed by atoms with Crippen LogP contribution in [0, 0.1) is 6.92 Å². The third kappa shape index (κ3) is 2.67. The minimum Gasteiger partial charge on any atom is -0.484 e. The summed E-state index contributed by atoms with van der Waals surface area (Å²) >= 11 is 0. The molecule has 0 radical (unpaired) electrons. The molecule has 2 rings (SSSR count). The van der Waals surface area contributed by atoms with Crippen LogP contribution in [0.25, 0.3) is 0 Å². The smallest absolute Gasteiger partial charge is 0.157 e. The van der Waals surface area contributed by atoms with Crippen LogP contribution in [0.2, 0.25) is 0 Å². The van der Waals surface area contributed by atoms with Crippen molar-refractivity contribution in [2.45, 2.75) is 40.5 Å². The van der Waals surface area contributed by atoms with Gasteiger partial charge >= 0.3 is 0 Å². The van der Waals surface area contributed by atoms with Gasteiger partial charge in [-0.3, -0.25) is 9.36 Å². The van der Waals surface area contributed by atoms with Crippen molar-refractivity contribution < 1.29 is 4.74 Å². The molecule has 0 fully saturated rings. The fourth-order valence-electron chi connectivity index (χ4n) is 1.74. The molecule has 0 aliphatic rings. The highest BCUT2D eigenvalue weighted by Gasteiger charge is 2.05. The van der Waals surface area contributed by atoms with Crippen molar-refractivity contribution in [1.29, 1.82) is 0 Å². The van der Waals surface area contributed by atoms with Crippen LogP contribution in [0.4, 0.5) is 0 Å². The molecule has 5 heteroatoms. The fourth-order valence-corrected chi connectivity index (χ4v) is 1.74. The molecule has 0 saturated carbocycles. The molecular weight excluding hydrogens is 216 g/mol. The van der Waals surface area contributed by atoms with Crippen molar-refractivity contribution in [2.75, 3.05) is 0 Å². The minimum atomic E-state index is 0.532. The van der Waals surface area contributed by atoms with Crippen LogP contribution >= 0.6 is 0 Å². The summed E-state index contributed by atoms with van der Waals surface area (Å²) in [7, 11) is 0. The van der Waals surface area contributed by atoms with Gasteiger partial charge in [0.15, 0.2) is 5.75 Å². The Morgan fingerprint density at radius 2 is 2.12 bits per heavy atom. The van der Waals surface area contributed by atoms with Crippen molar-refractivity contribution in [3.63, 3.8) is 0 Å². The average molecular weight is 234 g/mol. The SMILES string of the molecule is CCn1cc(OCc2cc(C)nn2CC)cn1. The topological polar surface area (TPSA) is 44.9 Å². The van der Waals surface area contributed by atoms with E-state index in [-0.39, 0.29) is 0 Å². The lowest BCUT2D eigenvalue weighted by Crippen LogP contribution is -2.05. The molecule has 5 nitrogen and oxygen atoms in total. The van der Waals surface area contributed by atoms with E-state index in [9.17, 15) is 0 Å². The predicted molar refractivity (Wildman–Crippen MR) is 64.9 cm³/mol. The van der Waals surface area contributed by atoms with Crippen LogP contribution < -0.4 is 4.74 Å². The highest BCUT2D eigenvalue weighted by molar-refractivity contribution is 5.14.